The van der Waals surface area contributed by atoms with E-state index in [-0.39, 0.29) is 12.1 Å². The molecule has 0 aliphatic heterocycles. The molecule has 0 saturated carbocycles. The third-order valence-electron chi connectivity index (χ3n) is 2.20. The monoisotopic (exact) mass is 275 g/mol. The molecule has 4 nitrogen and oxygen atoms in total. The Morgan fingerprint density at radius 3 is 3.05 bits per heavy atom. The molecule has 2 aromatic rings. The summed E-state index contributed by atoms with van der Waals surface area (Å²) in [6.07, 6.45) is 1.56. The van der Waals surface area contributed by atoms with Crippen molar-refractivity contribution >= 4 is 22.4 Å². The van der Waals surface area contributed by atoms with E-state index >= 15 is 0 Å². The van der Waals surface area contributed by atoms with Crippen molar-refractivity contribution in [1.82, 2.24) is 4.98 Å². The highest BCUT2D eigenvalue weighted by Crippen LogP contribution is 2.15. The SMILES string of the molecule is NCC#Cc1ccc(F)c(C(=O)Nc2nccs2)c1. The number of nitrogens with zero attached hydrogens (tertiary/aromatic N) is 1. The number of thiazole rings is 1. The third kappa shape index (κ3) is 3.37. The standard InChI is InChI=1S/C13H10FN3OS/c14-11-4-3-9(2-1-5-15)8-10(11)12(18)17-13-16-6-7-19-13/h3-4,6-8H,5,15H2,(H,16,17,18). The summed E-state index contributed by atoms with van der Waals surface area (Å²) in [7, 11) is 0. The fourth-order valence-corrected chi connectivity index (χ4v) is 1.90. The topological polar surface area (TPSA) is 68.0 Å². The van der Waals surface area contributed by atoms with Crippen LogP contribution in [0.15, 0.2) is 29.8 Å². The van der Waals surface area contributed by atoms with Gasteiger partial charge in [0.1, 0.15) is 5.82 Å². The lowest BCUT2D eigenvalue weighted by atomic mass is 10.1. The zero-order chi connectivity index (χ0) is 13.7. The first-order valence-corrected chi connectivity index (χ1v) is 6.28. The van der Waals surface area contributed by atoms with Crippen LogP contribution >= 0.6 is 11.3 Å². The Morgan fingerprint density at radius 2 is 2.37 bits per heavy atom. The molecular weight excluding hydrogens is 265 g/mol. The summed E-state index contributed by atoms with van der Waals surface area (Å²) < 4.78 is 13.6. The van der Waals surface area contributed by atoms with Gasteiger partial charge in [0.25, 0.3) is 5.91 Å². The quantitative estimate of drug-likeness (QED) is 0.822. The van der Waals surface area contributed by atoms with Crippen LogP contribution in [0.1, 0.15) is 15.9 Å². The average Bonchev–Trinajstić information content (AvgIpc) is 2.90. The Balaban J connectivity index is 2.25. The normalized spacial score (nSPS) is 9.58. The van der Waals surface area contributed by atoms with Crippen LogP contribution in [0.2, 0.25) is 0 Å². The molecule has 96 valence electrons. The lowest BCUT2D eigenvalue weighted by molar-refractivity contribution is 0.102. The van der Waals surface area contributed by atoms with Crippen LogP contribution in [-0.4, -0.2) is 17.4 Å². The molecule has 1 aromatic carbocycles. The van der Waals surface area contributed by atoms with Crippen LogP contribution in [0.25, 0.3) is 0 Å². The van der Waals surface area contributed by atoms with Gasteiger partial charge in [-0.05, 0) is 18.2 Å². The number of carbonyl (C=O) groups excluding carboxylic acids is 1. The second-order valence-electron chi connectivity index (χ2n) is 3.49. The molecule has 1 heterocycles. The van der Waals surface area contributed by atoms with Gasteiger partial charge in [-0.1, -0.05) is 11.8 Å². The number of carbonyl (C=O) groups is 1. The number of hydrogen-bond acceptors (Lipinski definition) is 4. The van der Waals surface area contributed by atoms with E-state index in [4.69, 9.17) is 5.73 Å². The van der Waals surface area contributed by atoms with Gasteiger partial charge in [-0.2, -0.15) is 0 Å². The summed E-state index contributed by atoms with van der Waals surface area (Å²) in [5.41, 5.74) is 5.73. The lowest BCUT2D eigenvalue weighted by Crippen LogP contribution is -2.13. The zero-order valence-corrected chi connectivity index (χ0v) is 10.6. The van der Waals surface area contributed by atoms with Crippen LogP contribution in [-0.2, 0) is 0 Å². The summed E-state index contributed by atoms with van der Waals surface area (Å²) in [6.45, 7) is 0.206. The number of nitrogens with two attached hydrogens (primary N) is 1. The van der Waals surface area contributed by atoms with E-state index < -0.39 is 11.7 Å². The van der Waals surface area contributed by atoms with E-state index in [0.29, 0.717) is 10.7 Å². The second-order valence-corrected chi connectivity index (χ2v) is 4.39. The predicted octanol–water partition coefficient (Wildman–Crippen LogP) is 1.84. The van der Waals surface area contributed by atoms with Crippen LogP contribution in [0.4, 0.5) is 9.52 Å². The molecule has 2 rings (SSSR count). The van der Waals surface area contributed by atoms with Gasteiger partial charge in [-0.3, -0.25) is 10.1 Å². The maximum absolute atomic E-state index is 13.6. The van der Waals surface area contributed by atoms with Crippen molar-refractivity contribution in [2.24, 2.45) is 5.73 Å². The highest BCUT2D eigenvalue weighted by Gasteiger charge is 2.13. The molecule has 0 fully saturated rings. The minimum atomic E-state index is -0.604. The smallest absolute Gasteiger partial charge is 0.260 e. The number of halogens is 1. The molecule has 0 atom stereocenters. The molecule has 0 aliphatic carbocycles. The fraction of sp³-hybridized carbons (Fsp3) is 0.0769. The van der Waals surface area contributed by atoms with Crippen LogP contribution < -0.4 is 11.1 Å². The number of anilines is 1. The van der Waals surface area contributed by atoms with Crippen LogP contribution in [0, 0.1) is 17.7 Å². The van der Waals surface area contributed by atoms with E-state index in [0.717, 1.165) is 0 Å². The maximum atomic E-state index is 13.6. The fourth-order valence-electron chi connectivity index (χ4n) is 1.38. The Bertz CT molecular complexity index is 644. The molecule has 0 aliphatic rings. The first-order valence-electron chi connectivity index (χ1n) is 5.40. The van der Waals surface area contributed by atoms with Crippen molar-refractivity contribution in [2.45, 2.75) is 0 Å². The van der Waals surface area contributed by atoms with Gasteiger partial charge in [0.15, 0.2) is 5.13 Å². The zero-order valence-electron chi connectivity index (χ0n) is 9.81. The second kappa shape index (κ2) is 6.09. The Hall–Kier alpha value is -2.23. The van der Waals surface area contributed by atoms with Gasteiger partial charge in [0.05, 0.1) is 12.1 Å². The van der Waals surface area contributed by atoms with Crippen molar-refractivity contribution < 1.29 is 9.18 Å². The number of amides is 1. The minimum Gasteiger partial charge on any atom is -0.320 e. The van der Waals surface area contributed by atoms with Crippen molar-refractivity contribution in [1.29, 1.82) is 0 Å². The van der Waals surface area contributed by atoms with Crippen LogP contribution in [0.5, 0.6) is 0 Å². The molecular formula is C13H10FN3OS. The van der Waals surface area contributed by atoms with E-state index in [1.54, 1.807) is 11.6 Å². The highest BCUT2D eigenvalue weighted by molar-refractivity contribution is 7.13. The van der Waals surface area contributed by atoms with E-state index in [1.807, 2.05) is 0 Å². The van der Waals surface area contributed by atoms with Crippen molar-refractivity contribution in [3.8, 4) is 11.8 Å². The third-order valence-corrected chi connectivity index (χ3v) is 2.89. The Kier molecular flexibility index (Phi) is 4.23. The molecule has 1 aromatic heterocycles. The van der Waals surface area contributed by atoms with Gasteiger partial charge in [-0.15, -0.1) is 11.3 Å². The number of benzene rings is 1. The highest BCUT2D eigenvalue weighted by atomic mass is 32.1. The van der Waals surface area contributed by atoms with E-state index in [2.05, 4.69) is 22.1 Å². The molecule has 0 radical (unpaired) electrons. The first kappa shape index (κ1) is 13.2. The molecule has 0 unspecified atom stereocenters. The first-order chi connectivity index (χ1) is 9.20. The average molecular weight is 275 g/mol. The van der Waals surface area contributed by atoms with E-state index in [9.17, 15) is 9.18 Å². The number of rotatable bonds is 2. The molecule has 0 bridgehead atoms. The number of hydrogen-bond donors (Lipinski definition) is 2. The molecule has 0 spiro atoms. The summed E-state index contributed by atoms with van der Waals surface area (Å²) in [5, 5.41) is 4.65. The molecule has 19 heavy (non-hydrogen) atoms. The van der Waals surface area contributed by atoms with Gasteiger partial charge in [-0.25, -0.2) is 9.37 Å². The van der Waals surface area contributed by atoms with E-state index in [1.165, 1.54) is 29.5 Å². The molecule has 3 N–H and O–H groups in total. The van der Waals surface area contributed by atoms with Gasteiger partial charge in [0.2, 0.25) is 0 Å². The number of aromatic nitrogens is 1. The summed E-state index contributed by atoms with van der Waals surface area (Å²) in [6, 6.07) is 4.09. The predicted molar refractivity (Wildman–Crippen MR) is 72.4 cm³/mol. The van der Waals surface area contributed by atoms with Gasteiger partial charge < -0.3 is 5.73 Å². The van der Waals surface area contributed by atoms with Gasteiger partial charge in [0, 0.05) is 17.1 Å². The molecule has 0 saturated heterocycles. The molecule has 6 heteroatoms. The maximum Gasteiger partial charge on any atom is 0.260 e. The largest absolute Gasteiger partial charge is 0.320 e. The van der Waals surface area contributed by atoms with Crippen LogP contribution in [0.3, 0.4) is 0 Å². The van der Waals surface area contributed by atoms with Gasteiger partial charge >= 0.3 is 0 Å². The Labute approximate surface area is 113 Å². The van der Waals surface area contributed by atoms with Crippen molar-refractivity contribution in [3.05, 3.63) is 46.7 Å². The van der Waals surface area contributed by atoms with Crippen molar-refractivity contribution in [2.75, 3.05) is 11.9 Å². The summed E-state index contributed by atoms with van der Waals surface area (Å²) >= 11 is 1.26. The summed E-state index contributed by atoms with van der Waals surface area (Å²) in [4.78, 5) is 15.8. The van der Waals surface area contributed by atoms with Crippen molar-refractivity contribution in [3.63, 3.8) is 0 Å². The minimum absolute atomic E-state index is 0.0704. The molecule has 1 amide bonds. The Morgan fingerprint density at radius 1 is 1.53 bits per heavy atom. The summed E-state index contributed by atoms with van der Waals surface area (Å²) in [5.74, 6) is 4.24. The number of nitrogens with one attached hydrogen (secondary N) is 1. The lowest BCUT2D eigenvalue weighted by Gasteiger charge is -2.03.